The summed E-state index contributed by atoms with van der Waals surface area (Å²) >= 11 is 0. The Labute approximate surface area is 186 Å². The number of hydrogen-bond acceptors (Lipinski definition) is 3. The van der Waals surface area contributed by atoms with Gasteiger partial charge in [-0.1, -0.05) is 48.9 Å². The van der Waals surface area contributed by atoms with Crippen molar-refractivity contribution in [3.05, 3.63) is 87.8 Å². The van der Waals surface area contributed by atoms with E-state index >= 15 is 0 Å². The molecule has 0 amide bonds. The molecule has 1 atom stereocenters. The maximum absolute atomic E-state index is 11.1. The molecule has 0 bridgehead atoms. The van der Waals surface area contributed by atoms with E-state index in [-0.39, 0.29) is 11.7 Å². The topological polar surface area (TPSA) is 75.5 Å². The zero-order valence-corrected chi connectivity index (χ0v) is 18.0. The Bertz CT molecular complexity index is 1260. The van der Waals surface area contributed by atoms with E-state index in [1.807, 2.05) is 6.08 Å². The molecule has 2 N–H and O–H groups in total. The Balaban J connectivity index is 1.38. The molecule has 0 fully saturated rings. The van der Waals surface area contributed by atoms with Crippen LogP contribution in [0.1, 0.15) is 65.3 Å². The van der Waals surface area contributed by atoms with Crippen LogP contribution in [-0.2, 0) is 12.8 Å². The number of furan rings is 1. The molecule has 2 aliphatic carbocycles. The van der Waals surface area contributed by atoms with Crippen molar-refractivity contribution in [2.45, 2.75) is 50.9 Å². The lowest BCUT2D eigenvalue weighted by atomic mass is 9.86. The third kappa shape index (κ3) is 4.15. The number of carboxylic acid groups (broad SMARTS) is 1. The number of carbonyl (C=O) groups is 1. The van der Waals surface area contributed by atoms with E-state index < -0.39 is 5.97 Å². The van der Waals surface area contributed by atoms with E-state index in [1.165, 1.54) is 34.5 Å². The second kappa shape index (κ2) is 8.95. The predicted molar refractivity (Wildman–Crippen MR) is 123 cm³/mol. The Hall–Kier alpha value is -3.47. The molecule has 1 unspecified atom stereocenters. The number of aromatic amines is 1. The Morgan fingerprint density at radius 2 is 2.03 bits per heavy atom. The predicted octanol–water partition coefficient (Wildman–Crippen LogP) is 4.68. The third-order valence-electron chi connectivity index (χ3n) is 6.33. The van der Waals surface area contributed by atoms with Crippen LogP contribution in [0.25, 0.3) is 11.8 Å². The minimum absolute atomic E-state index is 0.129. The van der Waals surface area contributed by atoms with Gasteiger partial charge >= 0.3 is 5.97 Å². The van der Waals surface area contributed by atoms with Gasteiger partial charge in [0.2, 0.25) is 5.76 Å². The van der Waals surface area contributed by atoms with Gasteiger partial charge < -0.3 is 19.2 Å². The van der Waals surface area contributed by atoms with Crippen LogP contribution in [-0.4, -0.2) is 16.1 Å². The van der Waals surface area contributed by atoms with Gasteiger partial charge in [0.25, 0.3) is 5.95 Å². The highest BCUT2D eigenvalue weighted by Gasteiger charge is 2.24. The summed E-state index contributed by atoms with van der Waals surface area (Å²) in [6.45, 7) is 0. The number of aryl methyl sites for hydroxylation is 1. The van der Waals surface area contributed by atoms with Crippen LogP contribution < -0.4 is 15.4 Å². The lowest BCUT2D eigenvalue weighted by molar-refractivity contribution is 0.0657. The molecule has 0 radical (unpaired) electrons. The second-order valence-corrected chi connectivity index (χ2v) is 8.49. The molecule has 0 spiro atoms. The molecule has 5 rings (SSSR count). The molecule has 5 nitrogen and oxygen atoms in total. The van der Waals surface area contributed by atoms with Crippen molar-refractivity contribution in [1.29, 1.82) is 0 Å². The summed E-state index contributed by atoms with van der Waals surface area (Å²) in [5.74, 6) is -0.0208. The normalized spacial score (nSPS) is 16.9. The third-order valence-corrected chi connectivity index (χ3v) is 6.33. The molecule has 2 aromatic heterocycles. The fourth-order valence-electron chi connectivity index (χ4n) is 4.79. The molecular formula is C27H27NO4. The van der Waals surface area contributed by atoms with Gasteiger partial charge in [-0.15, -0.1) is 0 Å². The number of fused-ring (bicyclic) bond motifs is 3. The molecule has 5 heteroatoms. The monoisotopic (exact) mass is 429 g/mol. The largest absolute Gasteiger partial charge is 0.475 e. The average Bonchev–Trinajstić information content (AvgIpc) is 3.44. The summed E-state index contributed by atoms with van der Waals surface area (Å²) < 4.78 is 11.3. The van der Waals surface area contributed by atoms with E-state index in [1.54, 1.807) is 6.07 Å². The van der Waals surface area contributed by atoms with E-state index in [9.17, 15) is 4.79 Å². The summed E-state index contributed by atoms with van der Waals surface area (Å²) in [5.41, 5.74) is 4.12. The lowest BCUT2D eigenvalue weighted by Crippen LogP contribution is -2.22. The maximum Gasteiger partial charge on any atom is 0.371 e. The van der Waals surface area contributed by atoms with E-state index in [2.05, 4.69) is 47.5 Å². The summed E-state index contributed by atoms with van der Waals surface area (Å²) in [7, 11) is 0. The molecule has 2 heterocycles. The van der Waals surface area contributed by atoms with Crippen molar-refractivity contribution in [3.63, 3.8) is 0 Å². The van der Waals surface area contributed by atoms with Crippen molar-refractivity contribution in [2.75, 3.05) is 0 Å². The number of benzene rings is 1. The quantitative estimate of drug-likeness (QED) is 0.510. The highest BCUT2D eigenvalue weighted by atomic mass is 16.6. The fourth-order valence-corrected chi connectivity index (χ4v) is 4.79. The van der Waals surface area contributed by atoms with Gasteiger partial charge in [-0.25, -0.2) is 4.79 Å². The number of carboxylic acids is 1. The molecule has 2 aliphatic rings. The molecular weight excluding hydrogens is 402 g/mol. The smallest absolute Gasteiger partial charge is 0.371 e. The Kier molecular flexibility index (Phi) is 5.71. The first-order chi connectivity index (χ1) is 15.7. The SMILES string of the molecule is O=C(O)c1ccc(OC2=c3[nH]c4c(c3C(CCCCc3ccccc3)C=C2)CCCC=4)o1. The summed E-state index contributed by atoms with van der Waals surface area (Å²) in [6.07, 6.45) is 14.3. The highest BCUT2D eigenvalue weighted by molar-refractivity contribution is 5.84. The number of H-pyrrole nitrogens is 1. The Morgan fingerprint density at radius 3 is 2.84 bits per heavy atom. The number of allylic oxidation sites excluding steroid dienone is 1. The number of rotatable bonds is 8. The maximum atomic E-state index is 11.1. The minimum atomic E-state index is -1.11. The van der Waals surface area contributed by atoms with Gasteiger partial charge in [0, 0.05) is 17.3 Å². The lowest BCUT2D eigenvalue weighted by Gasteiger charge is -2.19. The van der Waals surface area contributed by atoms with Gasteiger partial charge in [0.05, 0.1) is 5.35 Å². The highest BCUT2D eigenvalue weighted by Crippen LogP contribution is 2.30. The number of ether oxygens (including phenoxy) is 1. The molecule has 3 aromatic rings. The van der Waals surface area contributed by atoms with Crippen LogP contribution in [0.3, 0.4) is 0 Å². The summed E-state index contributed by atoms with van der Waals surface area (Å²) in [6, 6.07) is 13.6. The van der Waals surface area contributed by atoms with Gasteiger partial charge in [0.1, 0.15) is 0 Å². The van der Waals surface area contributed by atoms with E-state index in [4.69, 9.17) is 14.3 Å². The van der Waals surface area contributed by atoms with Crippen LogP contribution in [0.5, 0.6) is 5.95 Å². The van der Waals surface area contributed by atoms with Gasteiger partial charge in [0.15, 0.2) is 5.76 Å². The van der Waals surface area contributed by atoms with Crippen molar-refractivity contribution < 1.29 is 19.1 Å². The first kappa shape index (κ1) is 20.4. The minimum Gasteiger partial charge on any atom is -0.475 e. The zero-order valence-electron chi connectivity index (χ0n) is 18.0. The van der Waals surface area contributed by atoms with E-state index in [0.29, 0.717) is 11.7 Å². The molecule has 0 aliphatic heterocycles. The zero-order chi connectivity index (χ0) is 21.9. The fraction of sp³-hybridized carbons (Fsp3) is 0.296. The first-order valence-electron chi connectivity index (χ1n) is 11.4. The van der Waals surface area contributed by atoms with Crippen molar-refractivity contribution in [1.82, 2.24) is 4.98 Å². The Morgan fingerprint density at radius 1 is 1.16 bits per heavy atom. The van der Waals surface area contributed by atoms with Gasteiger partial charge in [-0.2, -0.15) is 0 Å². The summed E-state index contributed by atoms with van der Waals surface area (Å²) in [4.78, 5) is 14.7. The number of aromatic carboxylic acids is 1. The van der Waals surface area contributed by atoms with Crippen LogP contribution in [0.15, 0.2) is 59.0 Å². The molecule has 0 saturated heterocycles. The first-order valence-corrected chi connectivity index (χ1v) is 11.4. The van der Waals surface area contributed by atoms with Crippen molar-refractivity contribution in [2.24, 2.45) is 0 Å². The van der Waals surface area contributed by atoms with Crippen molar-refractivity contribution in [3.8, 4) is 5.95 Å². The standard InChI is InChI=1S/C27H27NO4/c29-27(30)23-16-17-24(32-23)31-22-15-14-19(11-5-4-10-18-8-2-1-3-9-18)25-20-12-6-7-13-21(20)28-26(22)25/h1-3,8-9,13-17,19,28H,4-7,10-12H2,(H,29,30). The van der Waals surface area contributed by atoms with E-state index in [0.717, 1.165) is 43.9 Å². The average molecular weight is 430 g/mol. The van der Waals surface area contributed by atoms with Crippen LogP contribution in [0.2, 0.25) is 0 Å². The van der Waals surface area contributed by atoms with Crippen molar-refractivity contribution >= 4 is 17.8 Å². The van der Waals surface area contributed by atoms with Crippen LogP contribution in [0.4, 0.5) is 0 Å². The second-order valence-electron chi connectivity index (χ2n) is 8.49. The number of nitrogens with one attached hydrogen (secondary N) is 1. The number of unbranched alkanes of at least 4 members (excludes halogenated alkanes) is 1. The van der Waals surface area contributed by atoms with Gasteiger partial charge in [-0.05, 0) is 67.4 Å². The summed E-state index contributed by atoms with van der Waals surface area (Å²) in [5, 5.41) is 11.3. The van der Waals surface area contributed by atoms with Crippen LogP contribution >= 0.6 is 0 Å². The molecule has 164 valence electrons. The molecule has 32 heavy (non-hydrogen) atoms. The number of hydrogen-bond donors (Lipinski definition) is 2. The molecule has 1 aromatic carbocycles. The van der Waals surface area contributed by atoms with Crippen LogP contribution in [0, 0.1) is 0 Å². The molecule has 0 saturated carbocycles. The number of aromatic nitrogens is 1. The van der Waals surface area contributed by atoms with Gasteiger partial charge in [-0.3, -0.25) is 0 Å².